The average Bonchev–Trinajstić information content (AvgIpc) is 3.05. The van der Waals surface area contributed by atoms with Crippen LogP contribution in [0.15, 0.2) is 36.7 Å². The normalized spacial score (nSPS) is 12.8. The number of nitrogens with one attached hydrogen (secondary N) is 1. The van der Waals surface area contributed by atoms with Gasteiger partial charge >= 0.3 is 0 Å². The van der Waals surface area contributed by atoms with Crippen molar-refractivity contribution >= 4 is 22.4 Å². The molecule has 1 N–H and O–H groups in total. The largest absolute Gasteiger partial charge is 0.454 e. The Morgan fingerprint density at radius 3 is 2.85 bits per heavy atom. The molecule has 100 valence electrons. The zero-order valence-corrected chi connectivity index (χ0v) is 10.8. The highest BCUT2D eigenvalue weighted by molar-refractivity contribution is 5.95. The molecule has 1 aromatic carbocycles. The number of hydrogen-bond acceptors (Lipinski definition) is 5. The fourth-order valence-corrected chi connectivity index (χ4v) is 2.26. The summed E-state index contributed by atoms with van der Waals surface area (Å²) in [5.74, 6) is 3.02. The van der Waals surface area contributed by atoms with E-state index >= 15 is 0 Å². The van der Waals surface area contributed by atoms with Crippen molar-refractivity contribution in [3.63, 3.8) is 0 Å². The van der Waals surface area contributed by atoms with E-state index in [1.54, 1.807) is 10.9 Å². The Bertz CT molecular complexity index is 797. The van der Waals surface area contributed by atoms with Crippen LogP contribution in [-0.2, 0) is 7.05 Å². The number of hydrogen-bond donors (Lipinski definition) is 1. The number of aryl methyl sites for hydroxylation is 1. The van der Waals surface area contributed by atoms with Crippen molar-refractivity contribution in [3.8, 4) is 11.5 Å². The van der Waals surface area contributed by atoms with Crippen LogP contribution in [0.1, 0.15) is 0 Å². The summed E-state index contributed by atoms with van der Waals surface area (Å²) < 4.78 is 12.5. The third-order valence-corrected chi connectivity index (χ3v) is 3.22. The quantitative estimate of drug-likeness (QED) is 0.773. The molecule has 6 heteroatoms. The molecule has 2 aromatic heterocycles. The van der Waals surface area contributed by atoms with E-state index in [0.717, 1.165) is 33.9 Å². The van der Waals surface area contributed by atoms with Gasteiger partial charge < -0.3 is 14.8 Å². The minimum absolute atomic E-state index is 0.266. The van der Waals surface area contributed by atoms with Gasteiger partial charge in [-0.25, -0.2) is 4.98 Å². The van der Waals surface area contributed by atoms with Crippen molar-refractivity contribution in [2.75, 3.05) is 12.1 Å². The van der Waals surface area contributed by atoms with E-state index in [4.69, 9.17) is 9.47 Å². The topological polar surface area (TPSA) is 61.2 Å². The molecule has 3 aromatic rings. The van der Waals surface area contributed by atoms with Crippen LogP contribution >= 0.6 is 0 Å². The number of nitrogens with zero attached hydrogens (tertiary/aromatic N) is 3. The lowest BCUT2D eigenvalue weighted by Gasteiger charge is -2.07. The fourth-order valence-electron chi connectivity index (χ4n) is 2.26. The van der Waals surface area contributed by atoms with Gasteiger partial charge in [-0.15, -0.1) is 0 Å². The molecule has 0 fully saturated rings. The smallest absolute Gasteiger partial charge is 0.231 e. The third-order valence-electron chi connectivity index (χ3n) is 3.22. The summed E-state index contributed by atoms with van der Waals surface area (Å²) in [6.45, 7) is 0.266. The number of benzene rings is 1. The Morgan fingerprint density at radius 1 is 1.20 bits per heavy atom. The van der Waals surface area contributed by atoms with Crippen LogP contribution in [0.4, 0.5) is 11.6 Å². The lowest BCUT2D eigenvalue weighted by molar-refractivity contribution is 0.174. The van der Waals surface area contributed by atoms with E-state index in [0.29, 0.717) is 0 Å². The molecule has 0 saturated carbocycles. The summed E-state index contributed by atoms with van der Waals surface area (Å²) in [4.78, 5) is 4.38. The van der Waals surface area contributed by atoms with E-state index in [-0.39, 0.29) is 6.79 Å². The van der Waals surface area contributed by atoms with Gasteiger partial charge in [-0.3, -0.25) is 4.68 Å². The van der Waals surface area contributed by atoms with Gasteiger partial charge in [0.1, 0.15) is 5.82 Å². The molecule has 3 heterocycles. The monoisotopic (exact) mass is 268 g/mol. The Hall–Kier alpha value is -2.76. The predicted molar refractivity (Wildman–Crippen MR) is 74.4 cm³/mol. The molecule has 0 amide bonds. The summed E-state index contributed by atoms with van der Waals surface area (Å²) in [6.07, 6.45) is 3.64. The summed E-state index contributed by atoms with van der Waals surface area (Å²) in [5.41, 5.74) is 0. The Balaban J connectivity index is 1.83. The van der Waals surface area contributed by atoms with Crippen molar-refractivity contribution in [1.29, 1.82) is 0 Å². The van der Waals surface area contributed by atoms with Crippen LogP contribution in [0, 0.1) is 0 Å². The Labute approximate surface area is 114 Å². The molecule has 6 nitrogen and oxygen atoms in total. The van der Waals surface area contributed by atoms with Gasteiger partial charge in [0.05, 0.1) is 0 Å². The molecule has 0 atom stereocenters. The molecule has 1 aliphatic heterocycles. The highest BCUT2D eigenvalue weighted by Crippen LogP contribution is 2.38. The maximum absolute atomic E-state index is 5.42. The maximum Gasteiger partial charge on any atom is 0.231 e. The van der Waals surface area contributed by atoms with Crippen molar-refractivity contribution in [2.45, 2.75) is 0 Å². The summed E-state index contributed by atoms with van der Waals surface area (Å²) >= 11 is 0. The number of ether oxygens (including phenoxy) is 2. The molecule has 0 bridgehead atoms. The van der Waals surface area contributed by atoms with E-state index in [1.165, 1.54) is 0 Å². The lowest BCUT2D eigenvalue weighted by atomic mass is 10.1. The first-order valence-electron chi connectivity index (χ1n) is 6.25. The van der Waals surface area contributed by atoms with Crippen molar-refractivity contribution < 1.29 is 9.47 Å². The number of pyridine rings is 1. The van der Waals surface area contributed by atoms with Gasteiger partial charge in [-0.05, 0) is 23.6 Å². The van der Waals surface area contributed by atoms with Crippen LogP contribution in [0.2, 0.25) is 0 Å². The van der Waals surface area contributed by atoms with Crippen LogP contribution in [0.3, 0.4) is 0 Å². The van der Waals surface area contributed by atoms with E-state index in [1.807, 2.05) is 37.5 Å². The zero-order valence-electron chi connectivity index (χ0n) is 10.8. The average molecular weight is 268 g/mol. The van der Waals surface area contributed by atoms with E-state index in [2.05, 4.69) is 15.4 Å². The zero-order chi connectivity index (χ0) is 13.5. The standard InChI is InChI=1S/C14H12N4O2/c1-18-5-3-13(17-18)16-14-10-7-12-11(19-8-20-12)6-9(10)2-4-15-14/h2-7H,8H2,1H3,(H,15,16,17). The van der Waals surface area contributed by atoms with E-state index in [9.17, 15) is 0 Å². The summed E-state index contributed by atoms with van der Waals surface area (Å²) in [6, 6.07) is 7.74. The van der Waals surface area contributed by atoms with Crippen LogP contribution in [0.25, 0.3) is 10.8 Å². The summed E-state index contributed by atoms with van der Waals surface area (Å²) in [7, 11) is 1.87. The van der Waals surface area contributed by atoms with Crippen molar-refractivity contribution in [2.24, 2.45) is 7.05 Å². The second-order valence-electron chi connectivity index (χ2n) is 4.59. The van der Waals surface area contributed by atoms with Crippen molar-refractivity contribution in [1.82, 2.24) is 14.8 Å². The molecular formula is C14H12N4O2. The number of aromatic nitrogens is 3. The van der Waals surface area contributed by atoms with Gasteiger partial charge in [0.15, 0.2) is 17.3 Å². The first kappa shape index (κ1) is 11.1. The van der Waals surface area contributed by atoms with Gasteiger partial charge in [-0.1, -0.05) is 0 Å². The lowest BCUT2D eigenvalue weighted by Crippen LogP contribution is -1.96. The first-order valence-corrected chi connectivity index (χ1v) is 6.25. The molecule has 0 saturated heterocycles. The van der Waals surface area contributed by atoms with Gasteiger partial charge in [-0.2, -0.15) is 5.10 Å². The van der Waals surface area contributed by atoms with Crippen LogP contribution in [-0.4, -0.2) is 21.6 Å². The molecule has 0 unspecified atom stereocenters. The molecule has 4 rings (SSSR count). The van der Waals surface area contributed by atoms with Crippen LogP contribution < -0.4 is 14.8 Å². The van der Waals surface area contributed by atoms with Crippen LogP contribution in [0.5, 0.6) is 11.5 Å². The van der Waals surface area contributed by atoms with Gasteiger partial charge in [0, 0.05) is 30.9 Å². The summed E-state index contributed by atoms with van der Waals surface area (Å²) in [5, 5.41) is 9.53. The first-order chi connectivity index (χ1) is 9.79. The Morgan fingerprint density at radius 2 is 2.05 bits per heavy atom. The fraction of sp³-hybridized carbons (Fsp3) is 0.143. The predicted octanol–water partition coefficient (Wildman–Crippen LogP) is 2.44. The molecule has 0 radical (unpaired) electrons. The number of anilines is 2. The third kappa shape index (κ3) is 1.73. The molecular weight excluding hydrogens is 256 g/mol. The number of rotatable bonds is 2. The molecule has 1 aliphatic rings. The highest BCUT2D eigenvalue weighted by atomic mass is 16.7. The molecule has 0 aliphatic carbocycles. The second kappa shape index (κ2) is 4.12. The molecule has 0 spiro atoms. The SMILES string of the molecule is Cn1ccc(Nc2nccc3cc4c(cc23)OCO4)n1. The van der Waals surface area contributed by atoms with Crippen molar-refractivity contribution in [3.05, 3.63) is 36.7 Å². The maximum atomic E-state index is 5.42. The highest BCUT2D eigenvalue weighted by Gasteiger charge is 2.16. The van der Waals surface area contributed by atoms with E-state index < -0.39 is 0 Å². The number of fused-ring (bicyclic) bond motifs is 2. The second-order valence-corrected chi connectivity index (χ2v) is 4.59. The molecule has 20 heavy (non-hydrogen) atoms. The van der Waals surface area contributed by atoms with Gasteiger partial charge in [0.25, 0.3) is 0 Å². The van der Waals surface area contributed by atoms with Gasteiger partial charge in [0.2, 0.25) is 6.79 Å². The minimum Gasteiger partial charge on any atom is -0.454 e. The minimum atomic E-state index is 0.266. The Kier molecular flexibility index (Phi) is 2.29.